The first kappa shape index (κ1) is 15.6. The van der Waals surface area contributed by atoms with Gasteiger partial charge in [-0.2, -0.15) is 0 Å². The van der Waals surface area contributed by atoms with Crippen LogP contribution >= 0.6 is 43.5 Å². The number of sulfonamides is 1. The van der Waals surface area contributed by atoms with Gasteiger partial charge in [0.2, 0.25) is 0 Å². The third-order valence-corrected chi connectivity index (χ3v) is 5.64. The fourth-order valence-electron chi connectivity index (χ4n) is 1.50. The van der Waals surface area contributed by atoms with Crippen LogP contribution < -0.4 is 10.5 Å². The van der Waals surface area contributed by atoms with E-state index in [1.165, 1.54) is 18.2 Å². The van der Waals surface area contributed by atoms with Crippen LogP contribution in [0.5, 0.6) is 0 Å². The topological polar surface area (TPSA) is 72.2 Å². The second-order valence-electron chi connectivity index (χ2n) is 3.92. The Morgan fingerprint density at radius 1 is 1.10 bits per heavy atom. The lowest BCUT2D eigenvalue weighted by atomic mass is 10.3. The number of hydrogen-bond donors (Lipinski definition) is 2. The van der Waals surface area contributed by atoms with Crippen LogP contribution in [0.3, 0.4) is 0 Å². The number of nitrogen functional groups attached to an aromatic ring is 1. The molecule has 2 rings (SSSR count). The Morgan fingerprint density at radius 3 is 2.45 bits per heavy atom. The number of benzene rings is 2. The minimum Gasteiger partial charge on any atom is -0.397 e. The van der Waals surface area contributed by atoms with Crippen molar-refractivity contribution < 1.29 is 8.42 Å². The Morgan fingerprint density at radius 2 is 1.80 bits per heavy atom. The molecule has 0 bridgehead atoms. The van der Waals surface area contributed by atoms with Crippen LogP contribution in [0.4, 0.5) is 11.4 Å². The minimum atomic E-state index is -3.72. The molecule has 106 valence electrons. The molecule has 0 atom stereocenters. The first-order valence-corrected chi connectivity index (χ1v) is 8.77. The summed E-state index contributed by atoms with van der Waals surface area (Å²) in [7, 11) is -3.72. The number of rotatable bonds is 3. The average Bonchev–Trinajstić information content (AvgIpc) is 2.36. The number of nitrogens with one attached hydrogen (secondary N) is 1. The van der Waals surface area contributed by atoms with Crippen LogP contribution in [-0.2, 0) is 10.0 Å². The molecule has 0 aliphatic carbocycles. The highest BCUT2D eigenvalue weighted by molar-refractivity contribution is 9.11. The van der Waals surface area contributed by atoms with Crippen LogP contribution in [-0.4, -0.2) is 8.42 Å². The van der Waals surface area contributed by atoms with E-state index < -0.39 is 10.0 Å². The standard InChI is InChI=1S/C12H9Br2ClN2O2S/c13-7-1-3-9(14)12(5-7)20(18,19)17-8-2-4-10(15)11(16)6-8/h1-6,17H,16H2. The van der Waals surface area contributed by atoms with Gasteiger partial charge in [0.15, 0.2) is 0 Å². The highest BCUT2D eigenvalue weighted by Crippen LogP contribution is 2.29. The minimum absolute atomic E-state index is 0.125. The predicted octanol–water partition coefficient (Wildman–Crippen LogP) is 4.25. The van der Waals surface area contributed by atoms with E-state index in [2.05, 4.69) is 36.6 Å². The Bertz CT molecular complexity index is 766. The van der Waals surface area contributed by atoms with Crippen LogP contribution in [0.1, 0.15) is 0 Å². The third-order valence-electron chi connectivity index (χ3n) is 2.43. The molecule has 20 heavy (non-hydrogen) atoms. The molecule has 0 radical (unpaired) electrons. The third kappa shape index (κ3) is 3.46. The van der Waals surface area contributed by atoms with Gasteiger partial charge in [-0.1, -0.05) is 27.5 Å². The van der Waals surface area contributed by atoms with E-state index in [0.29, 0.717) is 25.3 Å². The zero-order valence-electron chi connectivity index (χ0n) is 9.90. The summed E-state index contributed by atoms with van der Waals surface area (Å²) in [5.41, 5.74) is 6.30. The molecule has 0 amide bonds. The van der Waals surface area contributed by atoms with Crippen molar-refractivity contribution in [1.82, 2.24) is 0 Å². The van der Waals surface area contributed by atoms with Gasteiger partial charge in [-0.05, 0) is 52.3 Å². The van der Waals surface area contributed by atoms with Crippen molar-refractivity contribution in [2.75, 3.05) is 10.5 Å². The SMILES string of the molecule is Nc1cc(NS(=O)(=O)c2cc(Br)ccc2Br)ccc1Cl. The molecule has 4 nitrogen and oxygen atoms in total. The fourth-order valence-corrected chi connectivity index (χ4v) is 4.17. The molecule has 8 heteroatoms. The van der Waals surface area contributed by atoms with Gasteiger partial charge < -0.3 is 5.73 Å². The largest absolute Gasteiger partial charge is 0.397 e. The fraction of sp³-hybridized carbons (Fsp3) is 0. The zero-order chi connectivity index (χ0) is 14.9. The predicted molar refractivity (Wildman–Crippen MR) is 88.5 cm³/mol. The Balaban J connectivity index is 2.40. The van der Waals surface area contributed by atoms with Gasteiger partial charge in [-0.15, -0.1) is 0 Å². The van der Waals surface area contributed by atoms with Gasteiger partial charge in [-0.3, -0.25) is 4.72 Å². The molecular formula is C12H9Br2ClN2O2S. The van der Waals surface area contributed by atoms with Gasteiger partial charge >= 0.3 is 0 Å². The van der Waals surface area contributed by atoms with E-state index in [0.717, 1.165) is 0 Å². The average molecular weight is 441 g/mol. The molecule has 0 heterocycles. The molecule has 2 aromatic carbocycles. The highest BCUT2D eigenvalue weighted by Gasteiger charge is 2.18. The highest BCUT2D eigenvalue weighted by atomic mass is 79.9. The summed E-state index contributed by atoms with van der Waals surface area (Å²) in [5, 5.41) is 0.372. The van der Waals surface area contributed by atoms with E-state index in [1.54, 1.807) is 18.2 Å². The summed E-state index contributed by atoms with van der Waals surface area (Å²) in [6.07, 6.45) is 0. The lowest BCUT2D eigenvalue weighted by Crippen LogP contribution is -2.13. The molecule has 3 N–H and O–H groups in total. The molecule has 0 spiro atoms. The Kier molecular flexibility index (Phi) is 4.63. The molecule has 0 unspecified atom stereocenters. The Hall–Kier alpha value is -0.760. The maximum Gasteiger partial charge on any atom is 0.263 e. The van der Waals surface area contributed by atoms with Crippen molar-refractivity contribution in [1.29, 1.82) is 0 Å². The lowest BCUT2D eigenvalue weighted by molar-refractivity contribution is 0.600. The van der Waals surface area contributed by atoms with E-state index in [1.807, 2.05) is 0 Å². The van der Waals surface area contributed by atoms with E-state index in [9.17, 15) is 8.42 Å². The summed E-state index contributed by atoms with van der Waals surface area (Å²) in [6.45, 7) is 0. The van der Waals surface area contributed by atoms with E-state index >= 15 is 0 Å². The Labute approximate surface area is 138 Å². The second-order valence-corrected chi connectivity index (χ2v) is 7.74. The van der Waals surface area contributed by atoms with Crippen molar-refractivity contribution in [3.8, 4) is 0 Å². The molecule has 0 aromatic heterocycles. The quantitative estimate of drug-likeness (QED) is 0.701. The molecule has 0 aliphatic heterocycles. The van der Waals surface area contributed by atoms with Crippen LogP contribution in [0.15, 0.2) is 50.2 Å². The maximum atomic E-state index is 12.3. The molecular weight excluding hydrogens is 431 g/mol. The summed E-state index contributed by atoms with van der Waals surface area (Å²) in [5.74, 6) is 0. The smallest absolute Gasteiger partial charge is 0.263 e. The van der Waals surface area contributed by atoms with Gasteiger partial charge in [0.1, 0.15) is 4.90 Å². The van der Waals surface area contributed by atoms with E-state index in [4.69, 9.17) is 17.3 Å². The first-order chi connectivity index (χ1) is 9.29. The van der Waals surface area contributed by atoms with Crippen LogP contribution in [0.25, 0.3) is 0 Å². The van der Waals surface area contributed by atoms with Crippen molar-refractivity contribution in [2.24, 2.45) is 0 Å². The van der Waals surface area contributed by atoms with E-state index in [-0.39, 0.29) is 4.90 Å². The summed E-state index contributed by atoms with van der Waals surface area (Å²) in [4.78, 5) is 0.125. The van der Waals surface area contributed by atoms with Crippen LogP contribution in [0.2, 0.25) is 5.02 Å². The second kappa shape index (κ2) is 5.93. The number of halogens is 3. The normalized spacial score (nSPS) is 11.3. The monoisotopic (exact) mass is 438 g/mol. The van der Waals surface area contributed by atoms with Crippen LogP contribution in [0, 0.1) is 0 Å². The number of hydrogen-bond acceptors (Lipinski definition) is 3. The lowest BCUT2D eigenvalue weighted by Gasteiger charge is -2.11. The summed E-state index contributed by atoms with van der Waals surface area (Å²) >= 11 is 12.3. The van der Waals surface area contributed by atoms with Gasteiger partial charge in [-0.25, -0.2) is 8.42 Å². The van der Waals surface area contributed by atoms with Gasteiger partial charge in [0, 0.05) is 8.95 Å². The molecule has 0 saturated heterocycles. The first-order valence-electron chi connectivity index (χ1n) is 5.32. The van der Waals surface area contributed by atoms with Crippen molar-refractivity contribution >= 4 is 64.9 Å². The summed E-state index contributed by atoms with van der Waals surface area (Å²) < 4.78 is 28.3. The molecule has 0 fully saturated rings. The van der Waals surface area contributed by atoms with Gasteiger partial charge in [0.05, 0.1) is 16.4 Å². The molecule has 2 aromatic rings. The maximum absolute atomic E-state index is 12.3. The number of anilines is 2. The zero-order valence-corrected chi connectivity index (χ0v) is 14.6. The number of nitrogens with two attached hydrogens (primary N) is 1. The summed E-state index contributed by atoms with van der Waals surface area (Å²) in [6, 6.07) is 9.43. The molecule has 0 aliphatic rings. The van der Waals surface area contributed by atoms with Crippen molar-refractivity contribution in [3.05, 3.63) is 50.4 Å². The molecule has 0 saturated carbocycles. The van der Waals surface area contributed by atoms with Crippen molar-refractivity contribution in [3.63, 3.8) is 0 Å². The van der Waals surface area contributed by atoms with Gasteiger partial charge in [0.25, 0.3) is 10.0 Å². The van der Waals surface area contributed by atoms with Crippen molar-refractivity contribution in [2.45, 2.75) is 4.90 Å².